The van der Waals surface area contributed by atoms with Crippen LogP contribution in [-0.4, -0.2) is 5.78 Å². The number of aryl methyl sites for hydroxylation is 1. The summed E-state index contributed by atoms with van der Waals surface area (Å²) in [6, 6.07) is 3.21. The Morgan fingerprint density at radius 2 is 2.25 bits per heavy atom. The van der Waals surface area contributed by atoms with E-state index >= 15 is 0 Å². The van der Waals surface area contributed by atoms with Crippen molar-refractivity contribution in [3.63, 3.8) is 0 Å². The molecule has 12 heavy (non-hydrogen) atoms. The zero-order chi connectivity index (χ0) is 8.27. The molecule has 1 rings (SSSR count). The molecule has 0 aliphatic carbocycles. The van der Waals surface area contributed by atoms with Crippen LogP contribution in [-0.2, 0) is 0 Å². The van der Waals surface area contributed by atoms with Crippen LogP contribution in [0, 0.1) is 6.92 Å². The van der Waals surface area contributed by atoms with Crippen LogP contribution in [0.4, 0.5) is 0 Å². The van der Waals surface area contributed by atoms with E-state index in [1.54, 1.807) is 13.0 Å². The van der Waals surface area contributed by atoms with E-state index in [-0.39, 0.29) is 35.3 Å². The molecule has 1 aromatic heterocycles. The van der Waals surface area contributed by atoms with Gasteiger partial charge in [-0.2, -0.15) is 0 Å². The summed E-state index contributed by atoms with van der Waals surface area (Å²) in [6.07, 6.45) is 1.37. The maximum absolute atomic E-state index is 10.9. The Hall–Kier alpha value is -0.510. The molecular formula is C8H7NaO3. The van der Waals surface area contributed by atoms with E-state index in [0.29, 0.717) is 12.0 Å². The molecule has 1 aromatic rings. The van der Waals surface area contributed by atoms with Gasteiger partial charge in [0.1, 0.15) is 5.76 Å². The van der Waals surface area contributed by atoms with Crippen molar-refractivity contribution < 1.29 is 43.9 Å². The summed E-state index contributed by atoms with van der Waals surface area (Å²) in [7, 11) is 0. The largest absolute Gasteiger partial charge is 1.00 e. The molecule has 0 aliphatic heterocycles. The molecule has 4 heteroatoms. The third-order valence-corrected chi connectivity index (χ3v) is 1.20. The molecule has 0 N–H and O–H groups in total. The third-order valence-electron chi connectivity index (χ3n) is 1.20. The fraction of sp³-hybridized carbons (Fsp3) is 0.125. The zero-order valence-electron chi connectivity index (χ0n) is 7.03. The van der Waals surface area contributed by atoms with Gasteiger partial charge in [0.2, 0.25) is 5.78 Å². The summed E-state index contributed by atoms with van der Waals surface area (Å²) in [5, 5.41) is 9.88. The van der Waals surface area contributed by atoms with Gasteiger partial charge in [0.25, 0.3) is 0 Å². The average molecular weight is 174 g/mol. The van der Waals surface area contributed by atoms with E-state index in [9.17, 15) is 9.90 Å². The number of carbonyl (C=O) groups is 1. The van der Waals surface area contributed by atoms with E-state index < -0.39 is 5.78 Å². The van der Waals surface area contributed by atoms with Crippen LogP contribution in [0.5, 0.6) is 0 Å². The van der Waals surface area contributed by atoms with Crippen molar-refractivity contribution >= 4 is 5.78 Å². The van der Waals surface area contributed by atoms with Crippen LogP contribution in [0.2, 0.25) is 0 Å². The van der Waals surface area contributed by atoms with Gasteiger partial charge in [0.15, 0.2) is 5.76 Å². The molecule has 0 atom stereocenters. The average Bonchev–Trinajstić information content (AvgIpc) is 2.36. The van der Waals surface area contributed by atoms with Crippen molar-refractivity contribution in [1.29, 1.82) is 0 Å². The fourth-order valence-electron chi connectivity index (χ4n) is 0.711. The maximum Gasteiger partial charge on any atom is 1.00 e. The summed E-state index contributed by atoms with van der Waals surface area (Å²) in [5.74, 6) is 0.468. The zero-order valence-corrected chi connectivity index (χ0v) is 9.03. The van der Waals surface area contributed by atoms with Crippen LogP contribution >= 0.6 is 0 Å². The Kier molecular flexibility index (Phi) is 4.97. The molecule has 58 valence electrons. The van der Waals surface area contributed by atoms with Gasteiger partial charge in [-0.3, -0.25) is 4.79 Å². The van der Waals surface area contributed by atoms with Gasteiger partial charge in [0, 0.05) is 0 Å². The molecule has 0 spiro atoms. The second-order valence-corrected chi connectivity index (χ2v) is 2.08. The van der Waals surface area contributed by atoms with Crippen LogP contribution in [0.15, 0.2) is 28.9 Å². The number of hydrogen-bond acceptors (Lipinski definition) is 3. The Labute approximate surface area is 92.4 Å². The third kappa shape index (κ3) is 2.85. The molecule has 0 saturated carbocycles. The summed E-state index contributed by atoms with van der Waals surface area (Å²) >= 11 is 0. The topological polar surface area (TPSA) is 53.3 Å². The smallest absolute Gasteiger partial charge is 0.878 e. The van der Waals surface area contributed by atoms with Gasteiger partial charge in [0.05, 0.1) is 0 Å². The van der Waals surface area contributed by atoms with Gasteiger partial charge in [-0.25, -0.2) is 0 Å². The standard InChI is InChI=1S/C8H8O3.Na/c1-6-2-3-8(11-6)7(10)4-5-9;/h2-5,9H,1H3;/q;+1/p-1. The second-order valence-electron chi connectivity index (χ2n) is 2.08. The van der Waals surface area contributed by atoms with E-state index in [2.05, 4.69) is 0 Å². The molecular weight excluding hydrogens is 167 g/mol. The number of hydrogen-bond donors (Lipinski definition) is 0. The van der Waals surface area contributed by atoms with Gasteiger partial charge in [-0.05, 0) is 25.1 Å². The molecule has 1 heterocycles. The maximum atomic E-state index is 10.9. The van der Waals surface area contributed by atoms with Crippen molar-refractivity contribution in [3.8, 4) is 0 Å². The molecule has 0 aromatic carbocycles. The van der Waals surface area contributed by atoms with E-state index in [0.717, 1.165) is 6.08 Å². The minimum Gasteiger partial charge on any atom is -0.878 e. The summed E-state index contributed by atoms with van der Waals surface area (Å²) < 4.78 is 4.96. The Morgan fingerprint density at radius 3 is 2.67 bits per heavy atom. The van der Waals surface area contributed by atoms with E-state index in [1.807, 2.05) is 0 Å². The van der Waals surface area contributed by atoms with Crippen molar-refractivity contribution in [3.05, 3.63) is 36.0 Å². The quantitative estimate of drug-likeness (QED) is 0.218. The number of rotatable bonds is 2. The molecule has 0 fully saturated rings. The van der Waals surface area contributed by atoms with Crippen molar-refractivity contribution in [2.24, 2.45) is 0 Å². The predicted octanol–water partition coefficient (Wildman–Crippen LogP) is -2.35. The number of allylic oxidation sites excluding steroid dienone is 1. The predicted molar refractivity (Wildman–Crippen MR) is 36.9 cm³/mol. The number of furan rings is 1. The Balaban J connectivity index is 0.00000121. The number of ketones is 1. The van der Waals surface area contributed by atoms with Crippen LogP contribution < -0.4 is 34.7 Å². The van der Waals surface area contributed by atoms with Crippen molar-refractivity contribution in [2.75, 3.05) is 0 Å². The molecule has 3 nitrogen and oxygen atoms in total. The first-order valence-corrected chi connectivity index (χ1v) is 3.13. The van der Waals surface area contributed by atoms with Crippen LogP contribution in [0.1, 0.15) is 16.3 Å². The molecule has 0 aliphatic rings. The SMILES string of the molecule is Cc1ccc(C(=O)C=C[O-])o1.[Na+]. The number of carbonyl (C=O) groups excluding carboxylic acids is 1. The van der Waals surface area contributed by atoms with E-state index in [4.69, 9.17) is 4.42 Å². The molecule has 0 amide bonds. The monoisotopic (exact) mass is 174 g/mol. The van der Waals surface area contributed by atoms with Crippen molar-refractivity contribution in [2.45, 2.75) is 6.92 Å². The summed E-state index contributed by atoms with van der Waals surface area (Å²) in [4.78, 5) is 10.9. The molecule has 0 radical (unpaired) electrons. The summed E-state index contributed by atoms with van der Waals surface area (Å²) in [6.45, 7) is 1.73. The summed E-state index contributed by atoms with van der Waals surface area (Å²) in [5.41, 5.74) is 0. The normalized spacial score (nSPS) is 9.75. The first-order valence-electron chi connectivity index (χ1n) is 3.13. The molecule has 0 unspecified atom stereocenters. The van der Waals surface area contributed by atoms with Gasteiger partial charge in [-0.15, -0.1) is 6.26 Å². The van der Waals surface area contributed by atoms with E-state index in [1.165, 1.54) is 6.07 Å². The van der Waals surface area contributed by atoms with Gasteiger partial charge < -0.3 is 9.52 Å². The molecule has 0 saturated heterocycles. The Bertz CT molecular complexity index is 288. The Morgan fingerprint density at radius 1 is 1.58 bits per heavy atom. The minimum atomic E-state index is -0.395. The van der Waals surface area contributed by atoms with Crippen molar-refractivity contribution in [1.82, 2.24) is 0 Å². The fourth-order valence-corrected chi connectivity index (χ4v) is 0.711. The van der Waals surface area contributed by atoms with Crippen LogP contribution in [0.3, 0.4) is 0 Å². The van der Waals surface area contributed by atoms with Gasteiger partial charge in [-0.1, -0.05) is 0 Å². The second kappa shape index (κ2) is 5.19. The molecule has 0 bridgehead atoms. The van der Waals surface area contributed by atoms with Crippen LogP contribution in [0.25, 0.3) is 0 Å². The first-order chi connectivity index (χ1) is 5.24. The van der Waals surface area contributed by atoms with Gasteiger partial charge >= 0.3 is 29.6 Å². The minimum absolute atomic E-state index is 0. The first kappa shape index (κ1) is 11.5.